The lowest BCUT2D eigenvalue weighted by atomic mass is 9.92. The standard InChI is InChI=1S/C25H23F3N6O4/c1-4-37-24(35)25(38-15-10-16(26)20(28)17(27)11-15)8-5-9-34-21(31-32-23(25)34)18-6-7-19(22(30-18)36-3)33-12-14(2)29-13-33/h6-7,10-13H,4-5,8-9H2,1-3H3. The predicted octanol–water partition coefficient (Wildman–Crippen LogP) is 3.89. The maximum absolute atomic E-state index is 13.9. The molecule has 0 bridgehead atoms. The zero-order valence-electron chi connectivity index (χ0n) is 20.7. The van der Waals surface area contributed by atoms with E-state index in [1.807, 2.05) is 13.1 Å². The Hall–Kier alpha value is -4.42. The average Bonchev–Trinajstić information content (AvgIpc) is 3.54. The normalized spacial score (nSPS) is 16.7. The van der Waals surface area contributed by atoms with E-state index in [9.17, 15) is 18.0 Å². The molecular formula is C25H23F3N6O4. The number of hydrogen-bond donors (Lipinski definition) is 0. The van der Waals surface area contributed by atoms with Crippen molar-refractivity contribution in [2.75, 3.05) is 13.7 Å². The van der Waals surface area contributed by atoms with Gasteiger partial charge in [-0.05, 0) is 32.4 Å². The van der Waals surface area contributed by atoms with Crippen molar-refractivity contribution in [3.05, 3.63) is 65.8 Å². The number of pyridine rings is 1. The molecule has 0 amide bonds. The Labute approximate surface area is 215 Å². The van der Waals surface area contributed by atoms with E-state index in [-0.39, 0.29) is 18.9 Å². The molecular weight excluding hydrogens is 505 g/mol. The molecule has 3 aromatic heterocycles. The minimum atomic E-state index is -1.88. The topological polar surface area (TPSA) is 106 Å². The van der Waals surface area contributed by atoms with Crippen molar-refractivity contribution in [1.82, 2.24) is 29.3 Å². The smallest absolute Gasteiger partial charge is 0.358 e. The van der Waals surface area contributed by atoms with Crippen LogP contribution in [-0.4, -0.2) is 49.0 Å². The predicted molar refractivity (Wildman–Crippen MR) is 126 cm³/mol. The van der Waals surface area contributed by atoms with Gasteiger partial charge < -0.3 is 23.3 Å². The Morgan fingerprint density at radius 2 is 1.92 bits per heavy atom. The third kappa shape index (κ3) is 4.23. The molecule has 38 heavy (non-hydrogen) atoms. The van der Waals surface area contributed by atoms with Gasteiger partial charge in [0.15, 0.2) is 29.1 Å². The van der Waals surface area contributed by atoms with E-state index in [2.05, 4.69) is 20.2 Å². The van der Waals surface area contributed by atoms with E-state index in [4.69, 9.17) is 14.2 Å². The van der Waals surface area contributed by atoms with Crippen molar-refractivity contribution in [1.29, 1.82) is 0 Å². The van der Waals surface area contributed by atoms with Gasteiger partial charge in [0.1, 0.15) is 17.1 Å². The Bertz CT molecular complexity index is 1500. The summed E-state index contributed by atoms with van der Waals surface area (Å²) in [6.07, 6.45) is 3.96. The lowest BCUT2D eigenvalue weighted by molar-refractivity contribution is -0.166. The maximum atomic E-state index is 13.9. The van der Waals surface area contributed by atoms with E-state index in [0.717, 1.165) is 5.69 Å². The highest BCUT2D eigenvalue weighted by atomic mass is 19.2. The van der Waals surface area contributed by atoms with Gasteiger partial charge in [-0.15, -0.1) is 10.2 Å². The van der Waals surface area contributed by atoms with E-state index < -0.39 is 34.8 Å². The van der Waals surface area contributed by atoms with Crippen LogP contribution in [0, 0.1) is 24.4 Å². The molecule has 1 aromatic carbocycles. The van der Waals surface area contributed by atoms with Crippen LogP contribution in [0.4, 0.5) is 13.2 Å². The number of imidazole rings is 1. The van der Waals surface area contributed by atoms with Crippen molar-refractivity contribution < 1.29 is 32.2 Å². The Morgan fingerprint density at radius 1 is 1.16 bits per heavy atom. The molecule has 1 aliphatic heterocycles. The SMILES string of the molecule is CCOC(=O)C1(Oc2cc(F)c(F)c(F)c2)CCCn2c(-c3ccc(-n4cnc(C)c4)c(OC)n3)nnc21. The molecule has 0 radical (unpaired) electrons. The number of benzene rings is 1. The number of rotatable bonds is 7. The number of ether oxygens (including phenoxy) is 3. The molecule has 13 heteroatoms. The number of methoxy groups -OCH3 is 1. The number of carbonyl (C=O) groups excluding carboxylic acids is 1. The molecule has 5 rings (SSSR count). The third-order valence-electron chi connectivity index (χ3n) is 6.13. The molecule has 1 unspecified atom stereocenters. The van der Waals surface area contributed by atoms with E-state index in [0.29, 0.717) is 48.2 Å². The van der Waals surface area contributed by atoms with Gasteiger partial charge in [0.05, 0.1) is 25.7 Å². The molecule has 0 aliphatic carbocycles. The summed E-state index contributed by atoms with van der Waals surface area (Å²) in [6.45, 7) is 3.90. The van der Waals surface area contributed by atoms with Crippen LogP contribution in [0.3, 0.4) is 0 Å². The van der Waals surface area contributed by atoms with Crippen molar-refractivity contribution >= 4 is 5.97 Å². The van der Waals surface area contributed by atoms with Crippen LogP contribution >= 0.6 is 0 Å². The van der Waals surface area contributed by atoms with Gasteiger partial charge in [0.25, 0.3) is 5.60 Å². The Balaban J connectivity index is 1.59. The minimum absolute atomic E-state index is 0.0189. The lowest BCUT2D eigenvalue weighted by Gasteiger charge is -2.34. The fourth-order valence-corrected chi connectivity index (χ4v) is 4.43. The van der Waals surface area contributed by atoms with Gasteiger partial charge in [-0.2, -0.15) is 0 Å². The van der Waals surface area contributed by atoms with Crippen LogP contribution < -0.4 is 9.47 Å². The van der Waals surface area contributed by atoms with Gasteiger partial charge in [0.2, 0.25) is 5.88 Å². The molecule has 1 aliphatic rings. The van der Waals surface area contributed by atoms with Crippen LogP contribution in [-0.2, 0) is 21.7 Å². The van der Waals surface area contributed by atoms with Crippen LogP contribution in [0.1, 0.15) is 31.3 Å². The van der Waals surface area contributed by atoms with Crippen LogP contribution in [0.25, 0.3) is 17.2 Å². The lowest BCUT2D eigenvalue weighted by Crippen LogP contribution is -2.47. The number of esters is 1. The van der Waals surface area contributed by atoms with Gasteiger partial charge in [0, 0.05) is 31.3 Å². The first kappa shape index (κ1) is 25.2. The molecule has 10 nitrogen and oxygen atoms in total. The second kappa shape index (κ2) is 9.80. The second-order valence-electron chi connectivity index (χ2n) is 8.60. The summed E-state index contributed by atoms with van der Waals surface area (Å²) in [4.78, 5) is 22.0. The second-order valence-corrected chi connectivity index (χ2v) is 8.60. The number of carbonyl (C=O) groups is 1. The first-order valence-electron chi connectivity index (χ1n) is 11.8. The average molecular weight is 528 g/mol. The molecule has 0 saturated heterocycles. The molecule has 0 N–H and O–H groups in total. The van der Waals surface area contributed by atoms with Gasteiger partial charge in [-0.1, -0.05) is 0 Å². The summed E-state index contributed by atoms with van der Waals surface area (Å²) >= 11 is 0. The molecule has 1 atom stereocenters. The van der Waals surface area contributed by atoms with Crippen LogP contribution in [0.5, 0.6) is 11.6 Å². The number of nitrogens with zero attached hydrogens (tertiary/aromatic N) is 6. The van der Waals surface area contributed by atoms with Crippen molar-refractivity contribution in [3.8, 4) is 28.8 Å². The molecule has 4 heterocycles. The number of fused-ring (bicyclic) bond motifs is 1. The first-order valence-corrected chi connectivity index (χ1v) is 11.8. The fourth-order valence-electron chi connectivity index (χ4n) is 4.43. The number of aryl methyl sites for hydroxylation is 1. The summed E-state index contributed by atoms with van der Waals surface area (Å²) < 4.78 is 61.5. The summed E-state index contributed by atoms with van der Waals surface area (Å²) in [5.41, 5.74) is -0.00686. The fraction of sp³-hybridized carbons (Fsp3) is 0.320. The minimum Gasteiger partial charge on any atom is -0.479 e. The molecule has 4 aromatic rings. The number of halogens is 3. The van der Waals surface area contributed by atoms with Gasteiger partial charge in [-0.25, -0.2) is 27.9 Å². The van der Waals surface area contributed by atoms with Crippen molar-refractivity contribution in [2.24, 2.45) is 0 Å². The zero-order valence-corrected chi connectivity index (χ0v) is 20.7. The number of hydrogen-bond acceptors (Lipinski definition) is 8. The van der Waals surface area contributed by atoms with Crippen LogP contribution in [0.15, 0.2) is 36.8 Å². The number of aromatic nitrogens is 6. The van der Waals surface area contributed by atoms with Gasteiger partial charge in [-0.3, -0.25) is 0 Å². The first-order chi connectivity index (χ1) is 18.3. The zero-order chi connectivity index (χ0) is 27.0. The third-order valence-corrected chi connectivity index (χ3v) is 6.13. The van der Waals surface area contributed by atoms with Crippen molar-refractivity contribution in [3.63, 3.8) is 0 Å². The van der Waals surface area contributed by atoms with E-state index in [1.165, 1.54) is 7.11 Å². The molecule has 0 fully saturated rings. The molecule has 0 spiro atoms. The Kier molecular flexibility index (Phi) is 6.51. The summed E-state index contributed by atoms with van der Waals surface area (Å²) in [7, 11) is 1.49. The Morgan fingerprint density at radius 3 is 2.58 bits per heavy atom. The summed E-state index contributed by atoms with van der Waals surface area (Å²) in [6, 6.07) is 4.83. The van der Waals surface area contributed by atoms with E-state index in [1.54, 1.807) is 34.5 Å². The van der Waals surface area contributed by atoms with Crippen LogP contribution in [0.2, 0.25) is 0 Å². The summed E-state index contributed by atoms with van der Waals surface area (Å²) in [5.74, 6) is -5.08. The largest absolute Gasteiger partial charge is 0.479 e. The van der Waals surface area contributed by atoms with Gasteiger partial charge >= 0.3 is 5.97 Å². The highest BCUT2D eigenvalue weighted by Gasteiger charge is 2.51. The monoisotopic (exact) mass is 528 g/mol. The quantitative estimate of drug-likeness (QED) is 0.263. The molecule has 198 valence electrons. The van der Waals surface area contributed by atoms with Crippen molar-refractivity contribution in [2.45, 2.75) is 38.8 Å². The highest BCUT2D eigenvalue weighted by molar-refractivity contribution is 5.81. The maximum Gasteiger partial charge on any atom is 0.358 e. The van der Waals surface area contributed by atoms with E-state index >= 15 is 0 Å². The highest BCUT2D eigenvalue weighted by Crippen LogP contribution is 2.39. The molecule has 0 saturated carbocycles. The summed E-state index contributed by atoms with van der Waals surface area (Å²) in [5, 5.41) is 8.48.